The van der Waals surface area contributed by atoms with E-state index in [1.165, 1.54) is 19.3 Å². The van der Waals surface area contributed by atoms with Gasteiger partial charge in [0.15, 0.2) is 0 Å². The van der Waals surface area contributed by atoms with Crippen LogP contribution in [0.5, 0.6) is 0 Å². The van der Waals surface area contributed by atoms with Gasteiger partial charge in [0, 0.05) is 11.6 Å². The van der Waals surface area contributed by atoms with Crippen molar-refractivity contribution in [1.82, 2.24) is 0 Å². The molecule has 0 unspecified atom stereocenters. The van der Waals surface area contributed by atoms with Gasteiger partial charge in [0.2, 0.25) is 5.91 Å². The Morgan fingerprint density at radius 2 is 2.00 bits per heavy atom. The highest BCUT2D eigenvalue weighted by Gasteiger charge is 2.10. The third kappa shape index (κ3) is 7.02. The van der Waals surface area contributed by atoms with Crippen LogP contribution < -0.4 is 11.1 Å². The maximum Gasteiger partial charge on any atom is 0.226 e. The van der Waals surface area contributed by atoms with E-state index in [1.807, 2.05) is 0 Å². The van der Waals surface area contributed by atoms with Crippen LogP contribution in [-0.2, 0) is 9.53 Å². The molecule has 118 valence electrons. The molecule has 0 atom stereocenters. The van der Waals surface area contributed by atoms with Crippen LogP contribution in [0, 0.1) is 0 Å². The molecule has 1 rings (SSSR count). The van der Waals surface area contributed by atoms with Crippen molar-refractivity contribution < 1.29 is 9.53 Å². The van der Waals surface area contributed by atoms with Crippen molar-refractivity contribution >= 4 is 40.5 Å². The summed E-state index contributed by atoms with van der Waals surface area (Å²) >= 11 is 11.8. The molecule has 0 fully saturated rings. The Morgan fingerprint density at radius 3 is 2.67 bits per heavy atom. The van der Waals surface area contributed by atoms with Gasteiger partial charge in [-0.3, -0.25) is 4.79 Å². The third-order valence-corrected chi connectivity index (χ3v) is 3.48. The fourth-order valence-electron chi connectivity index (χ4n) is 1.83. The van der Waals surface area contributed by atoms with E-state index in [2.05, 4.69) is 12.2 Å². The van der Waals surface area contributed by atoms with E-state index >= 15 is 0 Å². The number of carbonyl (C=O) groups is 1. The molecule has 1 amide bonds. The number of hydrogen-bond acceptors (Lipinski definition) is 3. The summed E-state index contributed by atoms with van der Waals surface area (Å²) in [4.78, 5) is 11.8. The zero-order valence-electron chi connectivity index (χ0n) is 12.3. The number of carbonyl (C=O) groups excluding carboxylic acids is 1. The first kappa shape index (κ1) is 18.1. The van der Waals surface area contributed by atoms with E-state index in [0.717, 1.165) is 6.42 Å². The SMILES string of the molecule is CCCCCCOCCC(=O)Nc1c(N)cc(Cl)cc1Cl. The first-order valence-corrected chi connectivity index (χ1v) is 7.92. The van der Waals surface area contributed by atoms with Crippen LogP contribution >= 0.6 is 23.2 Å². The van der Waals surface area contributed by atoms with Crippen molar-refractivity contribution in [1.29, 1.82) is 0 Å². The number of rotatable bonds is 9. The predicted octanol–water partition coefficient (Wildman–Crippen LogP) is 4.50. The van der Waals surface area contributed by atoms with Crippen LogP contribution in [0.4, 0.5) is 11.4 Å². The lowest BCUT2D eigenvalue weighted by atomic mass is 10.2. The van der Waals surface area contributed by atoms with Crippen molar-refractivity contribution in [2.24, 2.45) is 0 Å². The number of nitrogen functional groups attached to an aromatic ring is 1. The Kier molecular flexibility index (Phi) is 8.50. The molecular weight excluding hydrogens is 311 g/mol. The minimum Gasteiger partial charge on any atom is -0.397 e. The number of halogens is 2. The van der Waals surface area contributed by atoms with Gasteiger partial charge in [-0.1, -0.05) is 49.4 Å². The number of nitrogens with two attached hydrogens (primary N) is 1. The van der Waals surface area contributed by atoms with Crippen molar-refractivity contribution in [3.05, 3.63) is 22.2 Å². The maximum absolute atomic E-state index is 11.8. The highest BCUT2D eigenvalue weighted by molar-refractivity contribution is 6.37. The van der Waals surface area contributed by atoms with E-state index in [9.17, 15) is 4.79 Å². The molecule has 0 aromatic heterocycles. The average molecular weight is 333 g/mol. The van der Waals surface area contributed by atoms with Crippen LogP contribution in [0.2, 0.25) is 10.0 Å². The van der Waals surface area contributed by atoms with Gasteiger partial charge in [-0.15, -0.1) is 0 Å². The fraction of sp³-hybridized carbons (Fsp3) is 0.533. The largest absolute Gasteiger partial charge is 0.397 e. The Balaban J connectivity index is 2.28. The molecule has 0 heterocycles. The fourth-order valence-corrected chi connectivity index (χ4v) is 2.38. The second kappa shape index (κ2) is 9.87. The minimum atomic E-state index is -0.181. The van der Waals surface area contributed by atoms with Crippen LogP contribution in [0.1, 0.15) is 39.0 Å². The standard InChI is InChI=1S/C15H22Cl2N2O2/c1-2-3-4-5-7-21-8-6-14(20)19-15-12(17)9-11(16)10-13(15)18/h9-10H,2-8,18H2,1H3,(H,19,20). The molecule has 4 nitrogen and oxygen atoms in total. The Labute approximate surface area is 135 Å². The smallest absolute Gasteiger partial charge is 0.226 e. The molecule has 1 aromatic carbocycles. The highest BCUT2D eigenvalue weighted by atomic mass is 35.5. The molecular formula is C15H22Cl2N2O2. The minimum absolute atomic E-state index is 0.181. The lowest BCUT2D eigenvalue weighted by Gasteiger charge is -2.11. The molecule has 1 aromatic rings. The quantitative estimate of drug-likeness (QED) is 0.516. The number of amides is 1. The van der Waals surface area contributed by atoms with E-state index < -0.39 is 0 Å². The first-order valence-electron chi connectivity index (χ1n) is 7.16. The summed E-state index contributed by atoms with van der Waals surface area (Å²) in [5.41, 5.74) is 6.52. The number of ether oxygens (including phenoxy) is 1. The van der Waals surface area contributed by atoms with Crippen LogP contribution in [0.25, 0.3) is 0 Å². The van der Waals surface area contributed by atoms with E-state index in [0.29, 0.717) is 34.6 Å². The Hall–Kier alpha value is -0.970. The molecule has 0 aliphatic heterocycles. The number of hydrogen-bond donors (Lipinski definition) is 2. The summed E-state index contributed by atoms with van der Waals surface area (Å²) in [7, 11) is 0. The summed E-state index contributed by atoms with van der Waals surface area (Å²) < 4.78 is 5.42. The molecule has 0 aliphatic rings. The van der Waals surface area contributed by atoms with Gasteiger partial charge in [0.1, 0.15) is 0 Å². The normalized spacial score (nSPS) is 10.6. The van der Waals surface area contributed by atoms with Gasteiger partial charge in [-0.05, 0) is 18.6 Å². The van der Waals surface area contributed by atoms with Crippen molar-refractivity contribution in [3.8, 4) is 0 Å². The number of benzene rings is 1. The lowest BCUT2D eigenvalue weighted by Crippen LogP contribution is -2.15. The zero-order chi connectivity index (χ0) is 15.7. The second-order valence-corrected chi connectivity index (χ2v) is 5.67. The summed E-state index contributed by atoms with van der Waals surface area (Å²) in [6, 6.07) is 3.09. The van der Waals surface area contributed by atoms with Gasteiger partial charge in [0.05, 0.1) is 29.4 Å². The summed E-state index contributed by atoms with van der Waals surface area (Å²) in [6.45, 7) is 3.25. The molecule has 3 N–H and O–H groups in total. The van der Waals surface area contributed by atoms with E-state index in [-0.39, 0.29) is 12.3 Å². The van der Waals surface area contributed by atoms with Crippen LogP contribution in [0.3, 0.4) is 0 Å². The first-order chi connectivity index (χ1) is 10.0. The second-order valence-electron chi connectivity index (χ2n) is 4.82. The molecule has 0 aliphatic carbocycles. The molecule has 21 heavy (non-hydrogen) atoms. The van der Waals surface area contributed by atoms with E-state index in [1.54, 1.807) is 12.1 Å². The van der Waals surface area contributed by atoms with Crippen LogP contribution in [0.15, 0.2) is 12.1 Å². The topological polar surface area (TPSA) is 64.3 Å². The highest BCUT2D eigenvalue weighted by Crippen LogP contribution is 2.32. The zero-order valence-corrected chi connectivity index (χ0v) is 13.8. The Morgan fingerprint density at radius 1 is 1.24 bits per heavy atom. The van der Waals surface area contributed by atoms with Crippen LogP contribution in [-0.4, -0.2) is 19.1 Å². The van der Waals surface area contributed by atoms with Gasteiger partial charge in [-0.2, -0.15) is 0 Å². The van der Waals surface area contributed by atoms with Crippen molar-refractivity contribution in [2.75, 3.05) is 24.3 Å². The summed E-state index contributed by atoms with van der Waals surface area (Å²) in [5, 5.41) is 3.45. The lowest BCUT2D eigenvalue weighted by molar-refractivity contribution is -0.117. The molecule has 0 spiro atoms. The maximum atomic E-state index is 11.8. The average Bonchev–Trinajstić information content (AvgIpc) is 2.42. The monoisotopic (exact) mass is 332 g/mol. The molecule has 0 saturated carbocycles. The van der Waals surface area contributed by atoms with Gasteiger partial charge >= 0.3 is 0 Å². The third-order valence-electron chi connectivity index (χ3n) is 2.97. The molecule has 0 bridgehead atoms. The summed E-state index contributed by atoms with van der Waals surface area (Å²) in [6.07, 6.45) is 4.89. The van der Waals surface area contributed by atoms with Gasteiger partial charge in [-0.25, -0.2) is 0 Å². The van der Waals surface area contributed by atoms with E-state index in [4.69, 9.17) is 33.7 Å². The van der Waals surface area contributed by atoms with Gasteiger partial charge in [0.25, 0.3) is 0 Å². The number of unbranched alkanes of at least 4 members (excludes halogenated alkanes) is 3. The number of nitrogens with one attached hydrogen (secondary N) is 1. The van der Waals surface area contributed by atoms with Gasteiger partial charge < -0.3 is 15.8 Å². The predicted molar refractivity (Wildman–Crippen MR) is 89.1 cm³/mol. The summed E-state index contributed by atoms with van der Waals surface area (Å²) in [5.74, 6) is -0.181. The molecule has 6 heteroatoms. The Bertz CT molecular complexity index is 444. The molecule has 0 radical (unpaired) electrons. The molecule has 0 saturated heterocycles. The van der Waals surface area contributed by atoms with Crippen molar-refractivity contribution in [3.63, 3.8) is 0 Å². The number of anilines is 2. The van der Waals surface area contributed by atoms with Crippen molar-refractivity contribution in [2.45, 2.75) is 39.0 Å².